The largest absolute Gasteiger partial charge is 0.204 e. The summed E-state index contributed by atoms with van der Waals surface area (Å²) in [5.41, 5.74) is 4.42. The molecule has 27 heavy (non-hydrogen) atoms. The highest BCUT2D eigenvalue weighted by Gasteiger charge is 2.00. The van der Waals surface area contributed by atoms with Gasteiger partial charge in [-0.3, -0.25) is 0 Å². The summed E-state index contributed by atoms with van der Waals surface area (Å²) < 4.78 is 26.1. The van der Waals surface area contributed by atoms with Crippen molar-refractivity contribution in [1.82, 2.24) is 0 Å². The lowest BCUT2D eigenvalue weighted by Gasteiger charge is -1.97. The molecule has 0 atom stereocenters. The molecule has 0 aliphatic carbocycles. The summed E-state index contributed by atoms with van der Waals surface area (Å²) >= 11 is 0. The van der Waals surface area contributed by atoms with Gasteiger partial charge >= 0.3 is 0 Å². The van der Waals surface area contributed by atoms with Crippen molar-refractivity contribution >= 4 is 0 Å². The first-order chi connectivity index (χ1) is 13.1. The van der Waals surface area contributed by atoms with Gasteiger partial charge < -0.3 is 0 Å². The second kappa shape index (κ2) is 8.84. The van der Waals surface area contributed by atoms with Crippen LogP contribution in [0.25, 0.3) is 0 Å². The fourth-order valence-corrected chi connectivity index (χ4v) is 2.54. The molecule has 0 heterocycles. The minimum Gasteiger partial charge on any atom is -0.204 e. The Hall–Kier alpha value is -3.36. The fourth-order valence-electron chi connectivity index (χ4n) is 2.54. The van der Waals surface area contributed by atoms with Gasteiger partial charge in [0.2, 0.25) is 0 Å². The van der Waals surface area contributed by atoms with Crippen LogP contribution in [-0.2, 0) is 6.42 Å². The van der Waals surface area contributed by atoms with Gasteiger partial charge in [0, 0.05) is 22.3 Å². The highest BCUT2D eigenvalue weighted by molar-refractivity contribution is 5.48. The minimum atomic E-state index is -0.893. The Bertz CT molecular complexity index is 1040. The molecule has 0 bridgehead atoms. The molecule has 0 fully saturated rings. The van der Waals surface area contributed by atoms with Gasteiger partial charge in [-0.2, -0.15) is 0 Å². The standard InChI is InChI=1S/C25H18F2/c1-2-3-19-4-6-20(7-5-19)8-9-21-10-12-22(13-11-21)14-15-23-16-17-24(26)25(27)18-23/h4-7,10-13,16-18H,2-3H2,1H3. The number of halogens is 2. The van der Waals surface area contributed by atoms with Crippen molar-refractivity contribution in [2.24, 2.45) is 0 Å². The molecule has 0 radical (unpaired) electrons. The van der Waals surface area contributed by atoms with E-state index in [2.05, 4.69) is 42.7 Å². The summed E-state index contributed by atoms with van der Waals surface area (Å²) in [6.45, 7) is 2.17. The Kier molecular flexibility index (Phi) is 6.03. The maximum atomic E-state index is 13.2. The van der Waals surface area contributed by atoms with E-state index in [1.165, 1.54) is 11.6 Å². The van der Waals surface area contributed by atoms with Gasteiger partial charge in [0.1, 0.15) is 0 Å². The zero-order valence-electron chi connectivity index (χ0n) is 15.0. The van der Waals surface area contributed by atoms with E-state index >= 15 is 0 Å². The Morgan fingerprint density at radius 3 is 1.52 bits per heavy atom. The third-order valence-corrected chi connectivity index (χ3v) is 4.00. The van der Waals surface area contributed by atoms with E-state index in [4.69, 9.17) is 0 Å². The van der Waals surface area contributed by atoms with Crippen molar-refractivity contribution in [3.63, 3.8) is 0 Å². The molecule has 0 saturated carbocycles. The first-order valence-electron chi connectivity index (χ1n) is 8.82. The fraction of sp³-hybridized carbons (Fsp3) is 0.120. The van der Waals surface area contributed by atoms with Crippen molar-refractivity contribution in [3.8, 4) is 23.7 Å². The molecule has 3 aromatic carbocycles. The van der Waals surface area contributed by atoms with Crippen LogP contribution in [0.5, 0.6) is 0 Å². The minimum absolute atomic E-state index is 0.435. The number of hydrogen-bond acceptors (Lipinski definition) is 0. The molecule has 0 unspecified atom stereocenters. The van der Waals surface area contributed by atoms with Gasteiger partial charge in [-0.15, -0.1) is 0 Å². The summed E-state index contributed by atoms with van der Waals surface area (Å²) in [4.78, 5) is 0. The quantitative estimate of drug-likeness (QED) is 0.515. The smallest absolute Gasteiger partial charge is 0.160 e. The number of aryl methyl sites for hydroxylation is 1. The molecular weight excluding hydrogens is 338 g/mol. The molecular formula is C25H18F2. The third kappa shape index (κ3) is 5.30. The molecule has 0 amide bonds. The monoisotopic (exact) mass is 356 g/mol. The van der Waals surface area contributed by atoms with Crippen molar-refractivity contribution in [3.05, 3.63) is 106 Å². The first-order valence-corrected chi connectivity index (χ1v) is 8.82. The lowest BCUT2D eigenvalue weighted by Crippen LogP contribution is -1.85. The highest BCUT2D eigenvalue weighted by Crippen LogP contribution is 2.09. The van der Waals surface area contributed by atoms with Crippen molar-refractivity contribution in [1.29, 1.82) is 0 Å². The molecule has 0 saturated heterocycles. The molecule has 3 aromatic rings. The predicted molar refractivity (Wildman–Crippen MR) is 105 cm³/mol. The summed E-state index contributed by atoms with van der Waals surface area (Å²) in [5.74, 6) is 10.3. The summed E-state index contributed by atoms with van der Waals surface area (Å²) in [7, 11) is 0. The van der Waals surface area contributed by atoms with E-state index in [0.29, 0.717) is 5.56 Å². The molecule has 132 valence electrons. The molecule has 2 heteroatoms. The van der Waals surface area contributed by atoms with Crippen molar-refractivity contribution in [2.75, 3.05) is 0 Å². The van der Waals surface area contributed by atoms with Crippen LogP contribution in [0.2, 0.25) is 0 Å². The zero-order chi connectivity index (χ0) is 19.1. The van der Waals surface area contributed by atoms with Gasteiger partial charge in [-0.25, -0.2) is 8.78 Å². The molecule has 0 spiro atoms. The predicted octanol–water partition coefficient (Wildman–Crippen LogP) is 5.72. The third-order valence-electron chi connectivity index (χ3n) is 4.00. The molecule has 0 aromatic heterocycles. The van der Waals surface area contributed by atoms with Crippen LogP contribution in [0, 0.1) is 35.3 Å². The van der Waals surface area contributed by atoms with E-state index in [0.717, 1.165) is 41.7 Å². The van der Waals surface area contributed by atoms with Crippen LogP contribution in [0.4, 0.5) is 8.78 Å². The number of rotatable bonds is 2. The maximum absolute atomic E-state index is 13.2. The van der Waals surface area contributed by atoms with Gasteiger partial charge in [0.05, 0.1) is 0 Å². The second-order valence-electron chi connectivity index (χ2n) is 6.15. The van der Waals surface area contributed by atoms with Gasteiger partial charge in [-0.1, -0.05) is 49.2 Å². The maximum Gasteiger partial charge on any atom is 0.160 e. The number of benzene rings is 3. The van der Waals surface area contributed by atoms with E-state index in [9.17, 15) is 8.78 Å². The molecule has 0 nitrogen and oxygen atoms in total. The molecule has 3 rings (SSSR count). The van der Waals surface area contributed by atoms with Crippen molar-refractivity contribution in [2.45, 2.75) is 19.8 Å². The molecule has 0 aliphatic heterocycles. The van der Waals surface area contributed by atoms with E-state index in [1.54, 1.807) is 0 Å². The van der Waals surface area contributed by atoms with Gasteiger partial charge in [0.25, 0.3) is 0 Å². The molecule has 0 N–H and O–H groups in total. The topological polar surface area (TPSA) is 0 Å². The van der Waals surface area contributed by atoms with Crippen molar-refractivity contribution < 1.29 is 8.78 Å². The Morgan fingerprint density at radius 2 is 1.04 bits per heavy atom. The van der Waals surface area contributed by atoms with E-state index < -0.39 is 11.6 Å². The lowest BCUT2D eigenvalue weighted by molar-refractivity contribution is 0.508. The Balaban J connectivity index is 1.69. The Labute approximate surface area is 158 Å². The van der Waals surface area contributed by atoms with Gasteiger partial charge in [-0.05, 0) is 66.6 Å². The number of hydrogen-bond donors (Lipinski definition) is 0. The van der Waals surface area contributed by atoms with Crippen LogP contribution in [0.3, 0.4) is 0 Å². The average molecular weight is 356 g/mol. The Morgan fingerprint density at radius 1 is 0.593 bits per heavy atom. The van der Waals surface area contributed by atoms with Crippen LogP contribution in [0.15, 0.2) is 66.7 Å². The summed E-state index contributed by atoms with van der Waals surface area (Å²) in [5, 5.41) is 0. The summed E-state index contributed by atoms with van der Waals surface area (Å²) in [6.07, 6.45) is 2.22. The highest BCUT2D eigenvalue weighted by atomic mass is 19.2. The van der Waals surface area contributed by atoms with Crippen LogP contribution < -0.4 is 0 Å². The second-order valence-corrected chi connectivity index (χ2v) is 6.15. The average Bonchev–Trinajstić information content (AvgIpc) is 2.69. The van der Waals surface area contributed by atoms with E-state index in [-0.39, 0.29) is 0 Å². The van der Waals surface area contributed by atoms with Crippen LogP contribution >= 0.6 is 0 Å². The SMILES string of the molecule is CCCc1ccc(C#Cc2ccc(C#Cc3ccc(F)c(F)c3)cc2)cc1. The molecule has 0 aliphatic rings. The normalized spacial score (nSPS) is 9.74. The lowest BCUT2D eigenvalue weighted by atomic mass is 10.1. The van der Waals surface area contributed by atoms with E-state index in [1.807, 2.05) is 36.4 Å². The van der Waals surface area contributed by atoms with Gasteiger partial charge in [0.15, 0.2) is 11.6 Å². The zero-order valence-corrected chi connectivity index (χ0v) is 15.0. The first kappa shape index (κ1) is 18.4. The van der Waals surface area contributed by atoms with Crippen LogP contribution in [-0.4, -0.2) is 0 Å². The van der Waals surface area contributed by atoms with Crippen LogP contribution in [0.1, 0.15) is 41.2 Å². The summed E-state index contributed by atoms with van der Waals surface area (Å²) in [6, 6.07) is 19.5.